The van der Waals surface area contributed by atoms with Crippen molar-refractivity contribution < 1.29 is 13.9 Å². The van der Waals surface area contributed by atoms with Crippen molar-refractivity contribution in [2.75, 3.05) is 14.2 Å². The van der Waals surface area contributed by atoms with Gasteiger partial charge in [-0.1, -0.05) is 6.07 Å². The largest absolute Gasteiger partial charge is 0.497 e. The number of furan rings is 1. The lowest BCUT2D eigenvalue weighted by molar-refractivity contribution is 0.383. The number of aryl methyl sites for hydroxylation is 1. The van der Waals surface area contributed by atoms with Gasteiger partial charge in [-0.05, 0) is 32.0 Å². The number of rotatable bonds is 6. The van der Waals surface area contributed by atoms with Crippen LogP contribution in [-0.4, -0.2) is 14.2 Å². The number of nitrogens with one attached hydrogen (secondary N) is 1. The van der Waals surface area contributed by atoms with E-state index in [9.17, 15) is 0 Å². The summed E-state index contributed by atoms with van der Waals surface area (Å²) in [6.45, 7) is 4.73. The molecule has 2 rings (SSSR count). The van der Waals surface area contributed by atoms with E-state index in [1.54, 1.807) is 14.2 Å². The van der Waals surface area contributed by atoms with E-state index in [1.165, 1.54) is 0 Å². The van der Waals surface area contributed by atoms with Crippen molar-refractivity contribution in [2.45, 2.75) is 26.4 Å². The predicted molar refractivity (Wildman–Crippen MR) is 78.2 cm³/mol. The van der Waals surface area contributed by atoms with Crippen LogP contribution in [0.25, 0.3) is 0 Å². The van der Waals surface area contributed by atoms with E-state index < -0.39 is 0 Å². The Labute approximate surface area is 119 Å². The van der Waals surface area contributed by atoms with E-state index in [-0.39, 0.29) is 6.04 Å². The zero-order valence-electron chi connectivity index (χ0n) is 12.4. The number of hydrogen-bond donors (Lipinski definition) is 1. The lowest BCUT2D eigenvalue weighted by atomic mass is 10.1. The molecule has 0 bridgehead atoms. The van der Waals surface area contributed by atoms with Crippen LogP contribution in [0.3, 0.4) is 0 Å². The molecule has 0 aliphatic heterocycles. The van der Waals surface area contributed by atoms with Gasteiger partial charge in [0.1, 0.15) is 23.0 Å². The molecule has 1 atom stereocenters. The molecule has 1 aromatic carbocycles. The zero-order chi connectivity index (χ0) is 14.5. The summed E-state index contributed by atoms with van der Waals surface area (Å²) in [7, 11) is 3.32. The standard InChI is InChI=1S/C16H21NO3/c1-11-5-6-14(20-11)10-17-12(2)15-8-7-13(18-3)9-16(15)19-4/h5-9,12,17H,10H2,1-4H3. The average molecular weight is 275 g/mol. The minimum absolute atomic E-state index is 0.154. The predicted octanol–water partition coefficient (Wildman–Crippen LogP) is 3.46. The first kappa shape index (κ1) is 14.5. The van der Waals surface area contributed by atoms with Crippen LogP contribution in [0.4, 0.5) is 0 Å². The van der Waals surface area contributed by atoms with Gasteiger partial charge in [-0.25, -0.2) is 0 Å². The lowest BCUT2D eigenvalue weighted by Crippen LogP contribution is -2.18. The van der Waals surface area contributed by atoms with E-state index in [1.807, 2.05) is 37.3 Å². The summed E-state index contributed by atoms with van der Waals surface area (Å²) in [5, 5.41) is 3.43. The first-order chi connectivity index (χ1) is 9.63. The van der Waals surface area contributed by atoms with E-state index in [0.29, 0.717) is 6.54 Å². The van der Waals surface area contributed by atoms with Gasteiger partial charge in [-0.2, -0.15) is 0 Å². The molecule has 2 aromatic rings. The van der Waals surface area contributed by atoms with Gasteiger partial charge in [0.05, 0.1) is 20.8 Å². The SMILES string of the molecule is COc1ccc(C(C)NCc2ccc(C)o2)c(OC)c1. The molecule has 0 amide bonds. The lowest BCUT2D eigenvalue weighted by Gasteiger charge is -2.17. The molecule has 4 heteroatoms. The molecule has 1 heterocycles. The molecular formula is C16H21NO3. The third-order valence-corrected chi connectivity index (χ3v) is 3.29. The van der Waals surface area contributed by atoms with Crippen molar-refractivity contribution in [2.24, 2.45) is 0 Å². The summed E-state index contributed by atoms with van der Waals surface area (Å²) in [6, 6.07) is 9.96. The zero-order valence-corrected chi connectivity index (χ0v) is 12.4. The monoisotopic (exact) mass is 275 g/mol. The number of methoxy groups -OCH3 is 2. The smallest absolute Gasteiger partial charge is 0.127 e. The fourth-order valence-electron chi connectivity index (χ4n) is 2.12. The average Bonchev–Trinajstić information content (AvgIpc) is 2.89. The van der Waals surface area contributed by atoms with E-state index in [0.717, 1.165) is 28.6 Å². The van der Waals surface area contributed by atoms with Gasteiger partial charge in [-0.15, -0.1) is 0 Å². The number of ether oxygens (including phenoxy) is 2. The van der Waals surface area contributed by atoms with Crippen molar-refractivity contribution in [1.29, 1.82) is 0 Å². The molecule has 20 heavy (non-hydrogen) atoms. The molecule has 0 saturated carbocycles. The summed E-state index contributed by atoms with van der Waals surface area (Å²) < 4.78 is 16.2. The van der Waals surface area contributed by atoms with Crippen LogP contribution in [0.1, 0.15) is 30.0 Å². The Morgan fingerprint density at radius 3 is 2.55 bits per heavy atom. The Balaban J connectivity index is 2.06. The van der Waals surface area contributed by atoms with Crippen LogP contribution in [0, 0.1) is 6.92 Å². The maximum Gasteiger partial charge on any atom is 0.127 e. The van der Waals surface area contributed by atoms with E-state index >= 15 is 0 Å². The van der Waals surface area contributed by atoms with Crippen molar-refractivity contribution in [3.8, 4) is 11.5 Å². The van der Waals surface area contributed by atoms with Crippen LogP contribution in [0.5, 0.6) is 11.5 Å². The summed E-state index contributed by atoms with van der Waals surface area (Å²) in [5.41, 5.74) is 1.09. The third-order valence-electron chi connectivity index (χ3n) is 3.29. The van der Waals surface area contributed by atoms with Crippen molar-refractivity contribution in [1.82, 2.24) is 5.32 Å². The van der Waals surface area contributed by atoms with Gasteiger partial charge < -0.3 is 19.2 Å². The Morgan fingerprint density at radius 2 is 1.95 bits per heavy atom. The van der Waals surface area contributed by atoms with Crippen molar-refractivity contribution >= 4 is 0 Å². The topological polar surface area (TPSA) is 43.6 Å². The maximum absolute atomic E-state index is 5.55. The van der Waals surface area contributed by atoms with Crippen LogP contribution in [-0.2, 0) is 6.54 Å². The summed E-state index contributed by atoms with van der Waals surface area (Å²) >= 11 is 0. The normalized spacial score (nSPS) is 12.2. The summed E-state index contributed by atoms with van der Waals surface area (Å²) in [6.07, 6.45) is 0. The van der Waals surface area contributed by atoms with Crippen LogP contribution in [0.2, 0.25) is 0 Å². The molecule has 108 valence electrons. The third kappa shape index (κ3) is 3.33. The highest BCUT2D eigenvalue weighted by molar-refractivity contribution is 5.42. The quantitative estimate of drug-likeness (QED) is 0.877. The molecule has 0 saturated heterocycles. The second-order valence-electron chi connectivity index (χ2n) is 4.72. The molecule has 0 fully saturated rings. The number of benzene rings is 1. The van der Waals surface area contributed by atoms with Gasteiger partial charge in [0.25, 0.3) is 0 Å². The molecule has 1 aromatic heterocycles. The van der Waals surface area contributed by atoms with E-state index in [2.05, 4.69) is 12.2 Å². The minimum atomic E-state index is 0.154. The molecule has 0 spiro atoms. The van der Waals surface area contributed by atoms with Gasteiger partial charge in [-0.3, -0.25) is 0 Å². The first-order valence-electron chi connectivity index (χ1n) is 6.64. The maximum atomic E-state index is 5.55. The van der Waals surface area contributed by atoms with Gasteiger partial charge in [0.2, 0.25) is 0 Å². The second-order valence-corrected chi connectivity index (χ2v) is 4.72. The number of hydrogen-bond acceptors (Lipinski definition) is 4. The van der Waals surface area contributed by atoms with Crippen molar-refractivity contribution in [3.63, 3.8) is 0 Å². The summed E-state index contributed by atoms with van der Waals surface area (Å²) in [5.74, 6) is 3.47. The fourth-order valence-corrected chi connectivity index (χ4v) is 2.12. The molecule has 0 aliphatic carbocycles. The molecule has 1 N–H and O–H groups in total. The molecule has 1 unspecified atom stereocenters. The molecule has 0 aliphatic rings. The minimum Gasteiger partial charge on any atom is -0.497 e. The highest BCUT2D eigenvalue weighted by Gasteiger charge is 2.12. The van der Waals surface area contributed by atoms with Crippen LogP contribution in [0.15, 0.2) is 34.7 Å². The Morgan fingerprint density at radius 1 is 1.15 bits per heavy atom. The van der Waals surface area contributed by atoms with Crippen LogP contribution >= 0.6 is 0 Å². The molecule has 0 radical (unpaired) electrons. The van der Waals surface area contributed by atoms with Gasteiger partial charge in [0, 0.05) is 17.7 Å². The highest BCUT2D eigenvalue weighted by Crippen LogP contribution is 2.29. The fraction of sp³-hybridized carbons (Fsp3) is 0.375. The van der Waals surface area contributed by atoms with Crippen LogP contribution < -0.4 is 14.8 Å². The van der Waals surface area contributed by atoms with Crippen molar-refractivity contribution in [3.05, 3.63) is 47.4 Å². The van der Waals surface area contributed by atoms with Gasteiger partial charge in [0.15, 0.2) is 0 Å². The highest BCUT2D eigenvalue weighted by atomic mass is 16.5. The second kappa shape index (κ2) is 6.48. The Bertz CT molecular complexity index is 563. The Kier molecular flexibility index (Phi) is 4.69. The van der Waals surface area contributed by atoms with Gasteiger partial charge >= 0.3 is 0 Å². The molecular weight excluding hydrogens is 254 g/mol. The van der Waals surface area contributed by atoms with E-state index in [4.69, 9.17) is 13.9 Å². The molecule has 4 nitrogen and oxygen atoms in total. The Hall–Kier alpha value is -1.94. The summed E-state index contributed by atoms with van der Waals surface area (Å²) in [4.78, 5) is 0. The first-order valence-corrected chi connectivity index (χ1v) is 6.64.